The number of benzene rings is 3. The van der Waals surface area contributed by atoms with Gasteiger partial charge in [0, 0.05) is 13.1 Å². The second-order valence-corrected chi connectivity index (χ2v) is 8.83. The number of hydrogen-bond donors (Lipinski definition) is 1. The number of aliphatic hydroxyl groups is 1. The molecule has 176 valence electrons. The van der Waals surface area contributed by atoms with Crippen LogP contribution in [0.2, 0.25) is 0 Å². The van der Waals surface area contributed by atoms with E-state index in [0.29, 0.717) is 44.0 Å². The molecule has 2 aliphatic heterocycles. The third-order valence-corrected chi connectivity index (χ3v) is 6.73. The van der Waals surface area contributed by atoms with Crippen molar-refractivity contribution >= 4 is 6.09 Å². The molecule has 2 aliphatic rings. The van der Waals surface area contributed by atoms with Crippen molar-refractivity contribution in [2.45, 2.75) is 24.5 Å². The van der Waals surface area contributed by atoms with Gasteiger partial charge in [-0.15, -0.1) is 0 Å². The Labute approximate surface area is 199 Å². The van der Waals surface area contributed by atoms with Crippen LogP contribution in [0.3, 0.4) is 0 Å². The number of carbonyl (C=O) groups is 1. The van der Waals surface area contributed by atoms with Crippen molar-refractivity contribution in [2.24, 2.45) is 5.92 Å². The summed E-state index contributed by atoms with van der Waals surface area (Å²) in [5.74, 6) is 1.35. The molecular weight excluding hydrogens is 430 g/mol. The van der Waals surface area contributed by atoms with Gasteiger partial charge in [-0.25, -0.2) is 4.79 Å². The molecule has 1 saturated heterocycles. The van der Waals surface area contributed by atoms with E-state index in [0.717, 1.165) is 11.1 Å². The number of carbonyl (C=O) groups excluding carboxylic acids is 1. The fourth-order valence-corrected chi connectivity index (χ4v) is 4.90. The van der Waals surface area contributed by atoms with Crippen LogP contribution in [-0.4, -0.2) is 48.5 Å². The highest BCUT2D eigenvalue weighted by molar-refractivity contribution is 5.67. The Bertz CT molecular complexity index is 1060. The first-order valence-corrected chi connectivity index (χ1v) is 11.8. The van der Waals surface area contributed by atoms with Crippen LogP contribution in [0.25, 0.3) is 0 Å². The number of ether oxygens (including phenoxy) is 3. The van der Waals surface area contributed by atoms with E-state index in [1.54, 1.807) is 4.90 Å². The fourth-order valence-electron chi connectivity index (χ4n) is 4.90. The molecule has 1 N–H and O–H groups in total. The lowest BCUT2D eigenvalue weighted by Crippen LogP contribution is -2.46. The topological polar surface area (TPSA) is 68.2 Å². The van der Waals surface area contributed by atoms with E-state index in [9.17, 15) is 9.90 Å². The summed E-state index contributed by atoms with van der Waals surface area (Å²) in [6.45, 7) is 1.52. The lowest BCUT2D eigenvalue weighted by Gasteiger charge is -2.42. The minimum Gasteiger partial charge on any atom is -0.486 e. The van der Waals surface area contributed by atoms with Crippen molar-refractivity contribution in [1.82, 2.24) is 4.90 Å². The highest BCUT2D eigenvalue weighted by Gasteiger charge is 2.42. The molecule has 34 heavy (non-hydrogen) atoms. The second-order valence-electron chi connectivity index (χ2n) is 8.83. The van der Waals surface area contributed by atoms with Crippen LogP contribution in [-0.2, 0) is 10.3 Å². The standard InChI is InChI=1S/C28H29NO5/c30-27(33-20-24-19-32-25-13-7-8-14-26(25)34-24)29-17-15-23(16-18-29)28(31,21-9-3-1-4-10-21)22-11-5-2-6-12-22/h1-14,23-24,31H,15-20H2. The Balaban J connectivity index is 1.20. The molecule has 0 aliphatic carbocycles. The van der Waals surface area contributed by atoms with Crippen molar-refractivity contribution in [3.05, 3.63) is 96.1 Å². The zero-order chi connectivity index (χ0) is 23.4. The van der Waals surface area contributed by atoms with Gasteiger partial charge in [-0.1, -0.05) is 72.8 Å². The monoisotopic (exact) mass is 459 g/mol. The average Bonchev–Trinajstić information content (AvgIpc) is 2.92. The summed E-state index contributed by atoms with van der Waals surface area (Å²) in [5, 5.41) is 12.0. The number of piperidine rings is 1. The molecule has 1 unspecified atom stereocenters. The van der Waals surface area contributed by atoms with Crippen molar-refractivity contribution in [3.63, 3.8) is 0 Å². The smallest absolute Gasteiger partial charge is 0.409 e. The molecule has 5 rings (SSSR count). The molecular formula is C28H29NO5. The van der Waals surface area contributed by atoms with Crippen molar-refractivity contribution < 1.29 is 24.1 Å². The minimum atomic E-state index is -1.11. The third kappa shape index (κ3) is 4.46. The average molecular weight is 460 g/mol. The lowest BCUT2D eigenvalue weighted by molar-refractivity contribution is -0.0192. The first-order valence-electron chi connectivity index (χ1n) is 11.8. The normalized spacial score (nSPS) is 18.4. The molecule has 0 spiro atoms. The Morgan fingerprint density at radius 1 is 0.882 bits per heavy atom. The van der Waals surface area contributed by atoms with Gasteiger partial charge in [-0.2, -0.15) is 0 Å². The molecule has 3 aromatic rings. The summed E-state index contributed by atoms with van der Waals surface area (Å²) in [4.78, 5) is 14.4. The van der Waals surface area contributed by atoms with Crippen molar-refractivity contribution in [2.75, 3.05) is 26.3 Å². The summed E-state index contributed by atoms with van der Waals surface area (Å²) in [6, 6.07) is 27.1. The number of fused-ring (bicyclic) bond motifs is 1. The van der Waals surface area contributed by atoms with E-state index in [2.05, 4.69) is 0 Å². The number of amides is 1. The van der Waals surface area contributed by atoms with Crippen LogP contribution in [0.5, 0.6) is 11.5 Å². The highest BCUT2D eigenvalue weighted by Crippen LogP contribution is 2.42. The largest absolute Gasteiger partial charge is 0.486 e. The molecule has 1 amide bonds. The van der Waals surface area contributed by atoms with Gasteiger partial charge >= 0.3 is 6.09 Å². The number of nitrogens with zero attached hydrogens (tertiary/aromatic N) is 1. The quantitative estimate of drug-likeness (QED) is 0.604. The number of para-hydroxylation sites is 2. The molecule has 1 fully saturated rings. The molecule has 6 heteroatoms. The van der Waals surface area contributed by atoms with Crippen LogP contribution in [0.1, 0.15) is 24.0 Å². The molecule has 0 aromatic heterocycles. The Hall–Kier alpha value is -3.51. The summed E-state index contributed by atoms with van der Waals surface area (Å²) >= 11 is 0. The molecule has 0 bridgehead atoms. The van der Waals surface area contributed by atoms with E-state index >= 15 is 0 Å². The zero-order valence-electron chi connectivity index (χ0n) is 19.0. The maximum atomic E-state index is 12.7. The SMILES string of the molecule is O=C(OCC1COc2ccccc2O1)N1CCC(C(O)(c2ccccc2)c2ccccc2)CC1. The Morgan fingerprint density at radius 2 is 1.44 bits per heavy atom. The molecule has 2 heterocycles. The molecule has 0 saturated carbocycles. The zero-order valence-corrected chi connectivity index (χ0v) is 19.0. The van der Waals surface area contributed by atoms with E-state index in [-0.39, 0.29) is 24.7 Å². The summed E-state index contributed by atoms with van der Waals surface area (Å²) < 4.78 is 17.1. The van der Waals surface area contributed by atoms with Crippen LogP contribution in [0.4, 0.5) is 4.79 Å². The first-order chi connectivity index (χ1) is 16.6. The molecule has 0 radical (unpaired) electrons. The molecule has 6 nitrogen and oxygen atoms in total. The van der Waals surface area contributed by atoms with Gasteiger partial charge in [0.2, 0.25) is 0 Å². The molecule has 1 atom stereocenters. The van der Waals surface area contributed by atoms with Crippen LogP contribution < -0.4 is 9.47 Å². The third-order valence-electron chi connectivity index (χ3n) is 6.73. The van der Waals surface area contributed by atoms with E-state index in [1.165, 1.54) is 0 Å². The summed E-state index contributed by atoms with van der Waals surface area (Å²) in [5.41, 5.74) is 0.632. The van der Waals surface area contributed by atoms with Gasteiger partial charge in [0.1, 0.15) is 18.8 Å². The number of likely N-dealkylation sites (tertiary alicyclic amines) is 1. The lowest BCUT2D eigenvalue weighted by atomic mass is 9.72. The van der Waals surface area contributed by atoms with E-state index < -0.39 is 5.60 Å². The summed E-state index contributed by atoms with van der Waals surface area (Å²) in [7, 11) is 0. The van der Waals surface area contributed by atoms with Crippen LogP contribution in [0.15, 0.2) is 84.9 Å². The van der Waals surface area contributed by atoms with E-state index in [4.69, 9.17) is 14.2 Å². The Kier molecular flexibility index (Phi) is 6.41. The number of rotatable bonds is 5. The predicted molar refractivity (Wildman–Crippen MR) is 128 cm³/mol. The van der Waals surface area contributed by atoms with Gasteiger partial charge in [-0.05, 0) is 42.0 Å². The van der Waals surface area contributed by atoms with E-state index in [1.807, 2.05) is 84.9 Å². The maximum Gasteiger partial charge on any atom is 0.409 e. The second kappa shape index (κ2) is 9.77. The first kappa shape index (κ1) is 22.3. The fraction of sp³-hybridized carbons (Fsp3) is 0.321. The molecule has 3 aromatic carbocycles. The minimum absolute atomic E-state index is 0.0204. The van der Waals surface area contributed by atoms with Gasteiger partial charge < -0.3 is 24.2 Å². The van der Waals surface area contributed by atoms with Crippen molar-refractivity contribution in [3.8, 4) is 11.5 Å². The maximum absolute atomic E-state index is 12.7. The van der Waals surface area contributed by atoms with Gasteiger partial charge in [0.05, 0.1) is 0 Å². The summed E-state index contributed by atoms with van der Waals surface area (Å²) in [6.07, 6.45) is 0.652. The van der Waals surface area contributed by atoms with Crippen LogP contribution >= 0.6 is 0 Å². The van der Waals surface area contributed by atoms with Crippen molar-refractivity contribution in [1.29, 1.82) is 0 Å². The highest BCUT2D eigenvalue weighted by atomic mass is 16.6. The number of hydrogen-bond acceptors (Lipinski definition) is 5. The van der Waals surface area contributed by atoms with Gasteiger partial charge in [-0.3, -0.25) is 0 Å². The predicted octanol–water partition coefficient (Wildman–Crippen LogP) is 4.61. The van der Waals surface area contributed by atoms with Gasteiger partial charge in [0.25, 0.3) is 0 Å². The van der Waals surface area contributed by atoms with Crippen LogP contribution in [0, 0.1) is 5.92 Å². The van der Waals surface area contributed by atoms with Gasteiger partial charge in [0.15, 0.2) is 17.6 Å². The Morgan fingerprint density at radius 3 is 2.06 bits per heavy atom.